The highest BCUT2D eigenvalue weighted by Crippen LogP contribution is 2.18. The largest absolute Gasteiger partial charge is 0.381 e. The average molecular weight is 271 g/mol. The first-order chi connectivity index (χ1) is 9.27. The molecule has 1 N–H and O–H groups in total. The van der Waals surface area contributed by atoms with Crippen molar-refractivity contribution in [1.82, 2.24) is 5.32 Å². The van der Waals surface area contributed by atoms with Gasteiger partial charge in [-0.05, 0) is 26.3 Å². The van der Waals surface area contributed by atoms with E-state index in [4.69, 9.17) is 9.47 Å². The second-order valence-electron chi connectivity index (χ2n) is 5.78. The van der Waals surface area contributed by atoms with Crippen LogP contribution >= 0.6 is 0 Å². The molecule has 0 aromatic heterocycles. The van der Waals surface area contributed by atoms with Crippen LogP contribution in [-0.2, 0) is 9.47 Å². The van der Waals surface area contributed by atoms with E-state index in [2.05, 4.69) is 26.1 Å². The third-order valence-corrected chi connectivity index (χ3v) is 4.02. The molecule has 0 aromatic rings. The van der Waals surface area contributed by atoms with Crippen molar-refractivity contribution in [3.63, 3.8) is 0 Å². The number of hydrogen-bond donors (Lipinski definition) is 1. The van der Waals surface area contributed by atoms with Crippen LogP contribution in [0.1, 0.15) is 59.3 Å². The SMILES string of the molecule is CCCCCCC(C)OCC(NCC)C1CCOC1. The minimum atomic E-state index is 0.389. The van der Waals surface area contributed by atoms with Crippen LogP contribution in [-0.4, -0.2) is 38.5 Å². The normalized spacial score (nSPS) is 22.6. The van der Waals surface area contributed by atoms with E-state index in [1.165, 1.54) is 38.5 Å². The lowest BCUT2D eigenvalue weighted by atomic mass is 9.99. The van der Waals surface area contributed by atoms with E-state index in [1.54, 1.807) is 0 Å². The third kappa shape index (κ3) is 7.28. The molecule has 0 bridgehead atoms. The van der Waals surface area contributed by atoms with Crippen LogP contribution in [0.4, 0.5) is 0 Å². The molecule has 3 unspecified atom stereocenters. The molecular weight excluding hydrogens is 238 g/mol. The molecule has 3 heteroatoms. The first kappa shape index (κ1) is 16.9. The topological polar surface area (TPSA) is 30.5 Å². The van der Waals surface area contributed by atoms with Gasteiger partial charge < -0.3 is 14.8 Å². The highest BCUT2D eigenvalue weighted by Gasteiger charge is 2.25. The van der Waals surface area contributed by atoms with Gasteiger partial charge in [-0.1, -0.05) is 39.5 Å². The van der Waals surface area contributed by atoms with Crippen molar-refractivity contribution in [3.05, 3.63) is 0 Å². The summed E-state index contributed by atoms with van der Waals surface area (Å²) in [5.74, 6) is 0.632. The van der Waals surface area contributed by atoms with Crippen molar-refractivity contribution < 1.29 is 9.47 Å². The number of hydrogen-bond acceptors (Lipinski definition) is 3. The molecule has 0 amide bonds. The number of nitrogens with one attached hydrogen (secondary N) is 1. The Morgan fingerprint density at radius 3 is 2.74 bits per heavy atom. The van der Waals surface area contributed by atoms with Crippen LogP contribution in [0.3, 0.4) is 0 Å². The molecule has 1 aliphatic heterocycles. The second-order valence-corrected chi connectivity index (χ2v) is 5.78. The van der Waals surface area contributed by atoms with Crippen LogP contribution in [0.25, 0.3) is 0 Å². The molecule has 114 valence electrons. The molecule has 1 fully saturated rings. The molecule has 19 heavy (non-hydrogen) atoms. The Kier molecular flexibility index (Phi) is 9.48. The summed E-state index contributed by atoms with van der Waals surface area (Å²) in [5.41, 5.74) is 0. The lowest BCUT2D eigenvalue weighted by molar-refractivity contribution is 0.0304. The van der Waals surface area contributed by atoms with Gasteiger partial charge in [0.1, 0.15) is 0 Å². The Morgan fingerprint density at radius 2 is 2.11 bits per heavy atom. The van der Waals surface area contributed by atoms with Crippen molar-refractivity contribution in [2.45, 2.75) is 71.4 Å². The van der Waals surface area contributed by atoms with Crippen molar-refractivity contribution >= 4 is 0 Å². The fraction of sp³-hybridized carbons (Fsp3) is 1.00. The molecule has 1 aliphatic rings. The lowest BCUT2D eigenvalue weighted by Gasteiger charge is -2.25. The van der Waals surface area contributed by atoms with Gasteiger partial charge in [-0.3, -0.25) is 0 Å². The number of ether oxygens (including phenoxy) is 2. The van der Waals surface area contributed by atoms with Crippen LogP contribution in [0, 0.1) is 5.92 Å². The molecule has 0 saturated carbocycles. The minimum absolute atomic E-state index is 0.389. The summed E-state index contributed by atoms with van der Waals surface area (Å²) < 4.78 is 11.5. The van der Waals surface area contributed by atoms with Gasteiger partial charge in [0.25, 0.3) is 0 Å². The molecule has 1 rings (SSSR count). The predicted molar refractivity (Wildman–Crippen MR) is 80.6 cm³/mol. The molecule has 1 heterocycles. The third-order valence-electron chi connectivity index (χ3n) is 4.02. The van der Waals surface area contributed by atoms with Crippen LogP contribution < -0.4 is 5.32 Å². The predicted octanol–water partition coefficient (Wildman–Crippen LogP) is 3.38. The van der Waals surface area contributed by atoms with E-state index in [-0.39, 0.29) is 0 Å². The van der Waals surface area contributed by atoms with E-state index in [1.807, 2.05) is 0 Å². The van der Waals surface area contributed by atoms with Crippen molar-refractivity contribution in [2.24, 2.45) is 5.92 Å². The molecule has 3 atom stereocenters. The molecule has 0 spiro atoms. The Morgan fingerprint density at radius 1 is 1.26 bits per heavy atom. The Bertz CT molecular complexity index is 205. The monoisotopic (exact) mass is 271 g/mol. The van der Waals surface area contributed by atoms with Gasteiger partial charge in [0, 0.05) is 18.6 Å². The smallest absolute Gasteiger partial charge is 0.0626 e. The zero-order chi connectivity index (χ0) is 13.9. The summed E-state index contributed by atoms with van der Waals surface area (Å²) in [6.45, 7) is 10.3. The lowest BCUT2D eigenvalue weighted by Crippen LogP contribution is -2.41. The Balaban J connectivity index is 2.15. The maximum Gasteiger partial charge on any atom is 0.0626 e. The van der Waals surface area contributed by atoms with Gasteiger partial charge in [-0.25, -0.2) is 0 Å². The summed E-state index contributed by atoms with van der Waals surface area (Å²) in [5, 5.41) is 3.55. The summed E-state index contributed by atoms with van der Waals surface area (Å²) in [6.07, 6.45) is 8.06. The highest BCUT2D eigenvalue weighted by molar-refractivity contribution is 4.79. The zero-order valence-electron chi connectivity index (χ0n) is 13.1. The van der Waals surface area contributed by atoms with Crippen LogP contribution in [0.5, 0.6) is 0 Å². The maximum absolute atomic E-state index is 6.03. The second kappa shape index (κ2) is 10.6. The minimum Gasteiger partial charge on any atom is -0.381 e. The van der Waals surface area contributed by atoms with Gasteiger partial charge in [-0.2, -0.15) is 0 Å². The Labute approximate surface area is 119 Å². The van der Waals surface area contributed by atoms with Crippen LogP contribution in [0.15, 0.2) is 0 Å². The molecule has 1 saturated heterocycles. The molecule has 3 nitrogen and oxygen atoms in total. The summed E-state index contributed by atoms with van der Waals surface area (Å²) in [4.78, 5) is 0. The fourth-order valence-electron chi connectivity index (χ4n) is 2.70. The maximum atomic E-state index is 6.03. The van der Waals surface area contributed by atoms with Crippen molar-refractivity contribution in [1.29, 1.82) is 0 Å². The molecular formula is C16H33NO2. The van der Waals surface area contributed by atoms with Gasteiger partial charge in [-0.15, -0.1) is 0 Å². The van der Waals surface area contributed by atoms with Crippen LogP contribution in [0.2, 0.25) is 0 Å². The van der Waals surface area contributed by atoms with Crippen molar-refractivity contribution in [2.75, 3.05) is 26.4 Å². The van der Waals surface area contributed by atoms with Gasteiger partial charge >= 0.3 is 0 Å². The van der Waals surface area contributed by atoms with E-state index in [0.29, 0.717) is 18.1 Å². The molecule has 0 radical (unpaired) electrons. The summed E-state index contributed by atoms with van der Waals surface area (Å²) >= 11 is 0. The first-order valence-corrected chi connectivity index (χ1v) is 8.20. The standard InChI is InChI=1S/C16H33NO2/c1-4-6-7-8-9-14(3)19-13-16(17-5-2)15-10-11-18-12-15/h14-17H,4-13H2,1-3H3. The van der Waals surface area contributed by atoms with Gasteiger partial charge in [0.05, 0.1) is 19.3 Å². The summed E-state index contributed by atoms with van der Waals surface area (Å²) in [7, 11) is 0. The molecule has 0 aliphatic carbocycles. The van der Waals surface area contributed by atoms with Gasteiger partial charge in [0.2, 0.25) is 0 Å². The fourth-order valence-corrected chi connectivity index (χ4v) is 2.70. The Hall–Kier alpha value is -0.120. The van der Waals surface area contributed by atoms with E-state index < -0.39 is 0 Å². The van der Waals surface area contributed by atoms with E-state index in [9.17, 15) is 0 Å². The number of unbranched alkanes of at least 4 members (excludes halogenated alkanes) is 3. The highest BCUT2D eigenvalue weighted by atomic mass is 16.5. The quantitative estimate of drug-likeness (QED) is 0.584. The van der Waals surface area contributed by atoms with E-state index in [0.717, 1.165) is 26.4 Å². The first-order valence-electron chi connectivity index (χ1n) is 8.20. The zero-order valence-corrected chi connectivity index (χ0v) is 13.1. The molecule has 0 aromatic carbocycles. The summed E-state index contributed by atoms with van der Waals surface area (Å²) in [6, 6.07) is 0.464. The number of likely N-dealkylation sites (N-methyl/N-ethyl adjacent to an activating group) is 1. The number of rotatable bonds is 11. The van der Waals surface area contributed by atoms with Gasteiger partial charge in [0.15, 0.2) is 0 Å². The average Bonchev–Trinajstić information content (AvgIpc) is 2.93. The van der Waals surface area contributed by atoms with Crippen molar-refractivity contribution in [3.8, 4) is 0 Å². The van der Waals surface area contributed by atoms with E-state index >= 15 is 0 Å².